The molecule has 1 aliphatic carbocycles. The van der Waals surface area contributed by atoms with E-state index in [0.29, 0.717) is 0 Å². The van der Waals surface area contributed by atoms with Crippen LogP contribution in [0.15, 0.2) is 12.4 Å². The largest absolute Gasteiger partial charge is 0.319 e. The highest BCUT2D eigenvalue weighted by molar-refractivity contribution is 5.20. The molecule has 12 heavy (non-hydrogen) atoms. The van der Waals surface area contributed by atoms with E-state index in [-0.39, 0.29) is 0 Å². The number of aryl methyl sites for hydroxylation is 1. The van der Waals surface area contributed by atoms with Gasteiger partial charge >= 0.3 is 0 Å². The van der Waals surface area contributed by atoms with Crippen molar-refractivity contribution in [1.82, 2.24) is 15.1 Å². The SMILES string of the molecule is CNC[C@H]1C[C@@H]1c1cnn(C)c1. The summed E-state index contributed by atoms with van der Waals surface area (Å²) >= 11 is 0. The summed E-state index contributed by atoms with van der Waals surface area (Å²) in [6, 6.07) is 0. The van der Waals surface area contributed by atoms with Gasteiger partial charge in [0.25, 0.3) is 0 Å². The number of nitrogens with zero attached hydrogens (tertiary/aromatic N) is 2. The minimum atomic E-state index is 0.770. The number of rotatable bonds is 3. The van der Waals surface area contributed by atoms with Gasteiger partial charge in [0.15, 0.2) is 0 Å². The predicted octanol–water partition coefficient (Wildman–Crippen LogP) is 0.743. The van der Waals surface area contributed by atoms with Crippen molar-refractivity contribution >= 4 is 0 Å². The fraction of sp³-hybridized carbons (Fsp3) is 0.667. The van der Waals surface area contributed by atoms with Gasteiger partial charge in [-0.25, -0.2) is 0 Å². The molecular formula is C9H15N3. The Bertz CT molecular complexity index is 266. The molecule has 0 unspecified atom stereocenters. The fourth-order valence-corrected chi connectivity index (χ4v) is 1.78. The Labute approximate surface area is 72.8 Å². The number of nitrogens with one attached hydrogen (secondary N) is 1. The van der Waals surface area contributed by atoms with Crippen molar-refractivity contribution in [3.8, 4) is 0 Å². The van der Waals surface area contributed by atoms with Crippen molar-refractivity contribution in [2.75, 3.05) is 13.6 Å². The van der Waals surface area contributed by atoms with E-state index in [1.807, 2.05) is 25.0 Å². The Kier molecular flexibility index (Phi) is 1.89. The second-order valence-electron chi connectivity index (χ2n) is 3.61. The maximum Gasteiger partial charge on any atom is 0.0524 e. The standard InChI is InChI=1S/C9H15N3/c1-10-4-7-3-9(7)8-5-11-12(2)6-8/h5-7,9-10H,3-4H2,1-2H3/t7-,9+/m1/s1. The van der Waals surface area contributed by atoms with E-state index < -0.39 is 0 Å². The average molecular weight is 165 g/mol. The number of aromatic nitrogens is 2. The highest BCUT2D eigenvalue weighted by atomic mass is 15.2. The Morgan fingerprint density at radius 3 is 3.17 bits per heavy atom. The molecule has 0 spiro atoms. The molecule has 1 N–H and O–H groups in total. The van der Waals surface area contributed by atoms with E-state index in [2.05, 4.69) is 16.6 Å². The van der Waals surface area contributed by atoms with Gasteiger partial charge in [0.05, 0.1) is 6.20 Å². The van der Waals surface area contributed by atoms with Gasteiger partial charge in [-0.3, -0.25) is 4.68 Å². The van der Waals surface area contributed by atoms with Crippen molar-refractivity contribution in [1.29, 1.82) is 0 Å². The maximum absolute atomic E-state index is 4.17. The monoisotopic (exact) mass is 165 g/mol. The van der Waals surface area contributed by atoms with Crippen molar-refractivity contribution < 1.29 is 0 Å². The van der Waals surface area contributed by atoms with Gasteiger partial charge in [0.1, 0.15) is 0 Å². The first-order valence-corrected chi connectivity index (χ1v) is 4.44. The smallest absolute Gasteiger partial charge is 0.0524 e. The molecule has 1 aliphatic rings. The van der Waals surface area contributed by atoms with E-state index in [0.717, 1.165) is 18.4 Å². The molecule has 0 amide bonds. The summed E-state index contributed by atoms with van der Waals surface area (Å²) in [7, 11) is 3.98. The summed E-state index contributed by atoms with van der Waals surface area (Å²) in [6.45, 7) is 1.14. The molecule has 0 aromatic carbocycles. The van der Waals surface area contributed by atoms with Crippen molar-refractivity contribution in [2.24, 2.45) is 13.0 Å². The lowest BCUT2D eigenvalue weighted by atomic mass is 10.2. The van der Waals surface area contributed by atoms with Crippen LogP contribution in [-0.2, 0) is 7.05 Å². The molecule has 2 rings (SSSR count). The van der Waals surface area contributed by atoms with Crippen LogP contribution in [0.1, 0.15) is 17.9 Å². The van der Waals surface area contributed by atoms with Gasteiger partial charge in [0, 0.05) is 13.2 Å². The average Bonchev–Trinajstić information content (AvgIpc) is 2.67. The van der Waals surface area contributed by atoms with Gasteiger partial charge < -0.3 is 5.32 Å². The first-order chi connectivity index (χ1) is 5.81. The van der Waals surface area contributed by atoms with Crippen molar-refractivity contribution in [3.05, 3.63) is 18.0 Å². The Hall–Kier alpha value is -0.830. The van der Waals surface area contributed by atoms with Crippen LogP contribution in [0, 0.1) is 5.92 Å². The van der Waals surface area contributed by atoms with Crippen molar-refractivity contribution in [3.63, 3.8) is 0 Å². The summed E-state index contributed by atoms with van der Waals surface area (Å²) in [5.74, 6) is 1.62. The number of hydrogen-bond acceptors (Lipinski definition) is 2. The zero-order valence-corrected chi connectivity index (χ0v) is 7.62. The van der Waals surface area contributed by atoms with Gasteiger partial charge in [-0.1, -0.05) is 0 Å². The normalized spacial score (nSPS) is 27.5. The Morgan fingerprint density at radius 1 is 1.75 bits per heavy atom. The third kappa shape index (κ3) is 1.37. The quantitative estimate of drug-likeness (QED) is 0.716. The Morgan fingerprint density at radius 2 is 2.58 bits per heavy atom. The zero-order chi connectivity index (χ0) is 8.55. The van der Waals surface area contributed by atoms with Crippen LogP contribution < -0.4 is 5.32 Å². The predicted molar refractivity (Wildman–Crippen MR) is 48.0 cm³/mol. The van der Waals surface area contributed by atoms with Crippen molar-refractivity contribution in [2.45, 2.75) is 12.3 Å². The minimum Gasteiger partial charge on any atom is -0.319 e. The summed E-state index contributed by atoms with van der Waals surface area (Å²) < 4.78 is 1.88. The lowest BCUT2D eigenvalue weighted by molar-refractivity contribution is 0.697. The van der Waals surface area contributed by atoms with Crippen LogP contribution in [0.3, 0.4) is 0 Å². The van der Waals surface area contributed by atoms with Crippen LogP contribution in [0.2, 0.25) is 0 Å². The lowest BCUT2D eigenvalue weighted by Gasteiger charge is -1.94. The highest BCUT2D eigenvalue weighted by Gasteiger charge is 2.38. The molecule has 1 fully saturated rings. The molecule has 3 nitrogen and oxygen atoms in total. The van der Waals surface area contributed by atoms with Crippen LogP contribution in [0.25, 0.3) is 0 Å². The fourth-order valence-electron chi connectivity index (χ4n) is 1.78. The van der Waals surface area contributed by atoms with Crippen LogP contribution in [-0.4, -0.2) is 23.4 Å². The van der Waals surface area contributed by atoms with Crippen LogP contribution >= 0.6 is 0 Å². The molecule has 2 atom stereocenters. The molecular weight excluding hydrogens is 150 g/mol. The molecule has 0 saturated heterocycles. The molecule has 1 aromatic rings. The van der Waals surface area contributed by atoms with E-state index in [1.165, 1.54) is 12.0 Å². The van der Waals surface area contributed by atoms with E-state index in [1.54, 1.807) is 0 Å². The molecule has 3 heteroatoms. The molecule has 1 heterocycles. The third-order valence-electron chi connectivity index (χ3n) is 2.54. The lowest BCUT2D eigenvalue weighted by Crippen LogP contribution is -2.10. The zero-order valence-electron chi connectivity index (χ0n) is 7.62. The van der Waals surface area contributed by atoms with Crippen LogP contribution in [0.5, 0.6) is 0 Å². The van der Waals surface area contributed by atoms with E-state index >= 15 is 0 Å². The second-order valence-corrected chi connectivity index (χ2v) is 3.61. The summed E-state index contributed by atoms with van der Waals surface area (Å²) in [4.78, 5) is 0. The second kappa shape index (κ2) is 2.90. The van der Waals surface area contributed by atoms with E-state index in [4.69, 9.17) is 0 Å². The van der Waals surface area contributed by atoms with Gasteiger partial charge in [-0.2, -0.15) is 5.10 Å². The van der Waals surface area contributed by atoms with Gasteiger partial charge in [0.2, 0.25) is 0 Å². The Balaban J connectivity index is 1.96. The summed E-state index contributed by atoms with van der Waals surface area (Å²) in [6.07, 6.45) is 5.44. The molecule has 1 saturated carbocycles. The molecule has 0 radical (unpaired) electrons. The minimum absolute atomic E-state index is 0.770. The maximum atomic E-state index is 4.17. The molecule has 0 bridgehead atoms. The molecule has 0 aliphatic heterocycles. The van der Waals surface area contributed by atoms with Gasteiger partial charge in [-0.05, 0) is 37.4 Å². The van der Waals surface area contributed by atoms with E-state index in [9.17, 15) is 0 Å². The summed E-state index contributed by atoms with van der Waals surface area (Å²) in [5.41, 5.74) is 1.40. The van der Waals surface area contributed by atoms with Crippen LogP contribution in [0.4, 0.5) is 0 Å². The summed E-state index contributed by atoms with van der Waals surface area (Å²) in [5, 5.41) is 7.38. The first-order valence-electron chi connectivity index (χ1n) is 4.44. The molecule has 66 valence electrons. The first kappa shape index (κ1) is 7.80. The third-order valence-corrected chi connectivity index (χ3v) is 2.54. The van der Waals surface area contributed by atoms with Gasteiger partial charge in [-0.15, -0.1) is 0 Å². The number of hydrogen-bond donors (Lipinski definition) is 1. The molecule has 1 aromatic heterocycles. The topological polar surface area (TPSA) is 29.9 Å². The highest BCUT2D eigenvalue weighted by Crippen LogP contribution is 2.46.